The fourth-order valence-electron chi connectivity index (χ4n) is 4.03. The molecule has 0 aromatic carbocycles. The summed E-state index contributed by atoms with van der Waals surface area (Å²) in [6, 6.07) is 0. The summed E-state index contributed by atoms with van der Waals surface area (Å²) in [5.74, 6) is 0.242. The Morgan fingerprint density at radius 1 is 1.36 bits per heavy atom. The van der Waals surface area contributed by atoms with Crippen LogP contribution in [0.3, 0.4) is 0 Å². The molecule has 1 aliphatic carbocycles. The summed E-state index contributed by atoms with van der Waals surface area (Å²) >= 11 is 1.67. The number of hydrogen-bond acceptors (Lipinski definition) is 3. The molecule has 0 spiro atoms. The third-order valence-electron chi connectivity index (χ3n) is 5.85. The zero-order chi connectivity index (χ0) is 21.3. The largest absolute Gasteiger partial charge is 0.393 e. The number of hydrogen-bond donors (Lipinski definition) is 0. The summed E-state index contributed by atoms with van der Waals surface area (Å²) in [5.41, 5.74) is 0.776. The second-order valence-electron chi connectivity index (χ2n) is 9.75. The first-order valence-corrected chi connectivity index (χ1v) is 11.2. The molecule has 1 saturated carbocycles. The van der Waals surface area contributed by atoms with Crippen LogP contribution in [-0.2, 0) is 21.5 Å². The molecule has 158 valence electrons. The van der Waals surface area contributed by atoms with Crippen molar-refractivity contribution in [1.29, 1.82) is 0 Å². The maximum absolute atomic E-state index is 13.5. The summed E-state index contributed by atoms with van der Waals surface area (Å²) in [7, 11) is 5.49. The molecular formula is C22H38N3O2S+. The summed E-state index contributed by atoms with van der Waals surface area (Å²) in [5, 5.41) is 0. The highest BCUT2D eigenvalue weighted by Gasteiger charge is 2.49. The molecule has 0 bridgehead atoms. The Bertz CT molecular complexity index is 797. The number of carbonyl (C=O) groups is 2. The number of rotatable bonds is 5. The van der Waals surface area contributed by atoms with Gasteiger partial charge < -0.3 is 4.90 Å². The molecule has 6 heteroatoms. The van der Waals surface area contributed by atoms with Crippen LogP contribution in [0.1, 0.15) is 72.3 Å². The highest BCUT2D eigenvalue weighted by Crippen LogP contribution is 2.42. The van der Waals surface area contributed by atoms with E-state index in [0.29, 0.717) is 6.42 Å². The maximum Gasteiger partial charge on any atom is 0.393 e. The lowest BCUT2D eigenvalue weighted by molar-refractivity contribution is -0.134. The number of amides is 2. The zero-order valence-electron chi connectivity index (χ0n) is 19.0. The molecule has 0 N–H and O–H groups in total. The monoisotopic (exact) mass is 408 g/mol. The molecule has 0 saturated heterocycles. The van der Waals surface area contributed by atoms with Crippen molar-refractivity contribution >= 4 is 23.3 Å². The van der Waals surface area contributed by atoms with Crippen LogP contribution in [0, 0.1) is 11.3 Å². The molecule has 1 aromatic rings. The van der Waals surface area contributed by atoms with Gasteiger partial charge in [0.2, 0.25) is 5.91 Å². The van der Waals surface area contributed by atoms with Crippen molar-refractivity contribution in [2.24, 2.45) is 11.3 Å². The Kier molecular flexibility index (Phi) is 6.95. The van der Waals surface area contributed by atoms with Crippen LogP contribution in [0.25, 0.3) is 0 Å². The van der Waals surface area contributed by atoms with Gasteiger partial charge in [-0.3, -0.25) is 8.75 Å². The number of aromatic nitrogens is 1. The second kappa shape index (κ2) is 8.52. The Labute approximate surface area is 174 Å². The van der Waals surface area contributed by atoms with Gasteiger partial charge in [-0.1, -0.05) is 13.3 Å². The Morgan fingerprint density at radius 3 is 2.54 bits per heavy atom. The van der Waals surface area contributed by atoms with Gasteiger partial charge in [-0.05, 0) is 59.8 Å². The molecule has 1 heterocycles. The number of aryl methyl sites for hydroxylation is 1. The van der Waals surface area contributed by atoms with E-state index < -0.39 is 5.41 Å². The average Bonchev–Trinajstić information content (AvgIpc) is 3.22. The molecule has 0 radical (unpaired) electrons. The zero-order valence-corrected chi connectivity index (χ0v) is 19.8. The molecule has 2 rings (SSSR count). The first kappa shape index (κ1) is 22.9. The predicted octanol–water partition coefficient (Wildman–Crippen LogP) is 3.47. The number of carbonyl (C=O) groups excluding carboxylic acids is 2. The lowest BCUT2D eigenvalue weighted by Gasteiger charge is -2.19. The molecule has 2 amide bonds. The van der Waals surface area contributed by atoms with Crippen molar-refractivity contribution in [1.82, 2.24) is 13.4 Å². The van der Waals surface area contributed by atoms with Crippen molar-refractivity contribution in [3.8, 4) is 0 Å². The third-order valence-corrected chi connectivity index (χ3v) is 7.41. The first-order valence-electron chi connectivity index (χ1n) is 10.5. The third kappa shape index (κ3) is 4.76. The average molecular weight is 409 g/mol. The van der Waals surface area contributed by atoms with Gasteiger partial charge in [0.1, 0.15) is 7.05 Å². The van der Waals surface area contributed by atoms with Gasteiger partial charge in [0, 0.05) is 43.3 Å². The van der Waals surface area contributed by atoms with Gasteiger partial charge in [0.25, 0.3) is 4.67 Å². The van der Waals surface area contributed by atoms with Crippen molar-refractivity contribution in [2.45, 2.75) is 78.7 Å². The molecule has 1 aliphatic rings. The van der Waals surface area contributed by atoms with E-state index in [0.717, 1.165) is 36.8 Å². The van der Waals surface area contributed by atoms with Crippen LogP contribution < -0.4 is 9.25 Å². The van der Waals surface area contributed by atoms with Gasteiger partial charge in [0.15, 0.2) is 0 Å². The van der Waals surface area contributed by atoms with Gasteiger partial charge >= 0.3 is 5.91 Å². The normalized spacial score (nSPS) is 23.6. The van der Waals surface area contributed by atoms with Crippen LogP contribution >= 0.6 is 11.5 Å². The fourth-order valence-corrected chi connectivity index (χ4v) is 5.15. The summed E-state index contributed by atoms with van der Waals surface area (Å²) in [6.07, 6.45) is 7.66. The molecule has 2 atom stereocenters. The quantitative estimate of drug-likeness (QED) is 0.700. The minimum atomic E-state index is -0.469. The Morgan fingerprint density at radius 2 is 2.00 bits per heavy atom. The smallest absolute Gasteiger partial charge is 0.349 e. The molecule has 1 aromatic heterocycles. The first-order chi connectivity index (χ1) is 12.9. The van der Waals surface area contributed by atoms with E-state index in [1.54, 1.807) is 30.5 Å². The van der Waals surface area contributed by atoms with Gasteiger partial charge in [-0.15, -0.1) is 0 Å². The fraction of sp³-hybridized carbons (Fsp3) is 0.773. The van der Waals surface area contributed by atoms with Gasteiger partial charge in [0.05, 0.1) is 11.0 Å². The standard InChI is InChI=1S/C22H38N3O2S/c1-9-10-11-17-15-25(21(2,3)4)28-19(17)24(8)20(27)22(5)13-12-16(14-22)18(26)23(6)7/h15-16H,9-14H2,1-8H3/q+1/t16-,22+/m0/s1. The topological polar surface area (TPSA) is 45.3 Å². The van der Waals surface area contributed by atoms with E-state index in [1.807, 2.05) is 18.5 Å². The molecule has 1 fully saturated rings. The lowest BCUT2D eigenvalue weighted by atomic mass is 9.86. The molecule has 28 heavy (non-hydrogen) atoms. The van der Waals surface area contributed by atoms with E-state index >= 15 is 0 Å². The van der Waals surface area contributed by atoms with E-state index in [9.17, 15) is 9.59 Å². The van der Waals surface area contributed by atoms with E-state index in [2.05, 4.69) is 37.8 Å². The Hall–Kier alpha value is -1.43. The highest BCUT2D eigenvalue weighted by molar-refractivity contribution is 7.04. The predicted molar refractivity (Wildman–Crippen MR) is 116 cm³/mol. The minimum absolute atomic E-state index is 0.00570. The van der Waals surface area contributed by atoms with Crippen LogP contribution in [-0.4, -0.2) is 41.8 Å². The second-order valence-corrected chi connectivity index (χ2v) is 10.7. The van der Waals surface area contributed by atoms with Crippen LogP contribution in [0.15, 0.2) is 6.20 Å². The van der Waals surface area contributed by atoms with E-state index in [4.69, 9.17) is 0 Å². The molecular weight excluding hydrogens is 370 g/mol. The van der Waals surface area contributed by atoms with E-state index in [1.165, 1.54) is 5.56 Å². The molecule has 0 unspecified atom stereocenters. The van der Waals surface area contributed by atoms with Crippen molar-refractivity contribution in [3.05, 3.63) is 16.4 Å². The number of nitrogens with zero attached hydrogens (tertiary/aromatic N) is 3. The van der Waals surface area contributed by atoms with Crippen molar-refractivity contribution < 1.29 is 9.59 Å². The van der Waals surface area contributed by atoms with Crippen LogP contribution in [0.2, 0.25) is 0 Å². The van der Waals surface area contributed by atoms with Crippen molar-refractivity contribution in [2.75, 3.05) is 21.1 Å². The maximum atomic E-state index is 13.5. The van der Waals surface area contributed by atoms with Gasteiger partial charge in [-0.2, -0.15) is 4.58 Å². The number of unbranched alkanes of at least 4 members (excludes halogenated alkanes) is 1. The van der Waals surface area contributed by atoms with Crippen LogP contribution in [0.4, 0.5) is 0 Å². The van der Waals surface area contributed by atoms with Gasteiger partial charge in [-0.25, -0.2) is 4.79 Å². The van der Waals surface area contributed by atoms with E-state index in [-0.39, 0.29) is 23.3 Å². The molecule has 5 nitrogen and oxygen atoms in total. The SMILES string of the molecule is CCCCc1cn(C(C)(C)C)s/c1=[N+](/C)C(=O)[C@]1(C)CC[C@H](C(=O)N(C)C)C1. The summed E-state index contributed by atoms with van der Waals surface area (Å²) in [6.45, 7) is 10.8. The minimum Gasteiger partial charge on any atom is -0.349 e. The molecule has 0 aliphatic heterocycles. The summed E-state index contributed by atoms with van der Waals surface area (Å²) < 4.78 is 5.17. The summed E-state index contributed by atoms with van der Waals surface area (Å²) in [4.78, 5) is 27.5. The highest BCUT2D eigenvalue weighted by atomic mass is 32.1. The van der Waals surface area contributed by atoms with Crippen molar-refractivity contribution in [3.63, 3.8) is 0 Å². The lowest BCUT2D eigenvalue weighted by Crippen LogP contribution is -2.42. The Balaban J connectivity index is 2.41. The van der Waals surface area contributed by atoms with Crippen LogP contribution in [0.5, 0.6) is 0 Å².